The summed E-state index contributed by atoms with van der Waals surface area (Å²) in [5, 5.41) is 22.8. The van der Waals surface area contributed by atoms with Crippen molar-refractivity contribution >= 4 is 34.6 Å². The Morgan fingerprint density at radius 2 is 1.89 bits per heavy atom. The molecule has 1 saturated heterocycles. The lowest BCUT2D eigenvalue weighted by molar-refractivity contribution is -0.0300. The number of aromatic nitrogens is 2. The first-order valence-electron chi connectivity index (χ1n) is 12.1. The number of anilines is 2. The molecule has 0 saturated carbocycles. The predicted octanol–water partition coefficient (Wildman–Crippen LogP) is 2.84. The number of piperidine rings is 1. The molecule has 3 aromatic rings. The summed E-state index contributed by atoms with van der Waals surface area (Å²) in [5.41, 5.74) is 1.49. The molecule has 1 aliphatic rings. The molecule has 198 valence electrons. The Hall–Kier alpha value is -4.09. The standard InChI is InChI=1S/C27H30N6O4S/c1-3-38(37)31-23-7-5-4-6-21(23)19-8-10-20(11-9-19)25(34)32-14-12-27(36,13-15-32)17-33-18-30-24(29-2)22(16-28)26(33)35/h3-11,16,18,28-29,31,36H,1,12-15,17H2,2H3. The second-order valence-electron chi connectivity index (χ2n) is 9.04. The summed E-state index contributed by atoms with van der Waals surface area (Å²) in [6.45, 7) is 4.24. The van der Waals surface area contributed by atoms with Gasteiger partial charge in [0.05, 0.1) is 29.7 Å². The second kappa shape index (κ2) is 11.5. The lowest BCUT2D eigenvalue weighted by atomic mass is 9.90. The Morgan fingerprint density at radius 1 is 1.21 bits per heavy atom. The highest BCUT2D eigenvalue weighted by atomic mass is 32.2. The molecule has 0 aliphatic carbocycles. The summed E-state index contributed by atoms with van der Waals surface area (Å²) in [4.78, 5) is 31.7. The van der Waals surface area contributed by atoms with Crippen molar-refractivity contribution in [1.82, 2.24) is 14.5 Å². The number of rotatable bonds is 9. The number of nitrogens with one attached hydrogen (secondary N) is 3. The molecule has 2 heterocycles. The maximum absolute atomic E-state index is 13.2. The van der Waals surface area contributed by atoms with Crippen molar-refractivity contribution in [2.75, 3.05) is 30.2 Å². The summed E-state index contributed by atoms with van der Waals surface area (Å²) in [6, 6.07) is 14.7. The maximum atomic E-state index is 13.2. The Kier molecular flexibility index (Phi) is 8.18. The molecule has 1 atom stereocenters. The van der Waals surface area contributed by atoms with E-state index in [1.165, 1.54) is 16.3 Å². The van der Waals surface area contributed by atoms with Crippen LogP contribution in [0.4, 0.5) is 11.5 Å². The highest BCUT2D eigenvalue weighted by Crippen LogP contribution is 2.29. The van der Waals surface area contributed by atoms with Gasteiger partial charge in [-0.15, -0.1) is 0 Å². The quantitative estimate of drug-likeness (QED) is 0.311. The van der Waals surface area contributed by atoms with E-state index in [4.69, 9.17) is 5.41 Å². The number of para-hydroxylation sites is 1. The van der Waals surface area contributed by atoms with Gasteiger partial charge in [0.25, 0.3) is 11.5 Å². The van der Waals surface area contributed by atoms with Crippen molar-refractivity contribution in [1.29, 1.82) is 5.41 Å². The van der Waals surface area contributed by atoms with Crippen molar-refractivity contribution in [2.24, 2.45) is 0 Å². The Morgan fingerprint density at radius 3 is 2.53 bits per heavy atom. The second-order valence-corrected chi connectivity index (χ2v) is 10.2. The van der Waals surface area contributed by atoms with E-state index in [0.717, 1.165) is 17.3 Å². The van der Waals surface area contributed by atoms with Crippen LogP contribution in [0.5, 0.6) is 0 Å². The average Bonchev–Trinajstić information content (AvgIpc) is 2.94. The third kappa shape index (κ3) is 5.74. The molecule has 1 unspecified atom stereocenters. The van der Waals surface area contributed by atoms with Gasteiger partial charge in [-0.25, -0.2) is 9.19 Å². The topological polar surface area (TPSA) is 140 Å². The van der Waals surface area contributed by atoms with Crippen LogP contribution >= 0.6 is 0 Å². The molecule has 1 amide bonds. The van der Waals surface area contributed by atoms with Crippen LogP contribution in [0.3, 0.4) is 0 Å². The van der Waals surface area contributed by atoms with Crippen molar-refractivity contribution < 1.29 is 14.1 Å². The fourth-order valence-electron chi connectivity index (χ4n) is 4.50. The van der Waals surface area contributed by atoms with E-state index in [1.807, 2.05) is 36.4 Å². The van der Waals surface area contributed by atoms with E-state index in [9.17, 15) is 18.9 Å². The fourth-order valence-corrected chi connectivity index (χ4v) is 4.98. The predicted molar refractivity (Wildman–Crippen MR) is 150 cm³/mol. The van der Waals surface area contributed by atoms with Crippen molar-refractivity contribution in [3.8, 4) is 11.1 Å². The minimum Gasteiger partial charge on any atom is -0.388 e. The van der Waals surface area contributed by atoms with E-state index < -0.39 is 22.1 Å². The van der Waals surface area contributed by atoms with Crippen LogP contribution in [0, 0.1) is 5.41 Å². The molecule has 0 radical (unpaired) electrons. The molecule has 10 nitrogen and oxygen atoms in total. The monoisotopic (exact) mass is 534 g/mol. The Bertz CT molecular complexity index is 1430. The zero-order valence-electron chi connectivity index (χ0n) is 21.0. The van der Waals surface area contributed by atoms with Crippen molar-refractivity contribution in [3.05, 3.63) is 88.3 Å². The van der Waals surface area contributed by atoms with Crippen LogP contribution in [-0.4, -0.2) is 61.6 Å². The molecule has 1 aliphatic heterocycles. The van der Waals surface area contributed by atoms with Crippen LogP contribution in [0.15, 0.2) is 71.6 Å². The maximum Gasteiger partial charge on any atom is 0.264 e. The molecular weight excluding hydrogens is 504 g/mol. The van der Waals surface area contributed by atoms with Crippen LogP contribution in [-0.2, 0) is 17.5 Å². The van der Waals surface area contributed by atoms with Gasteiger partial charge in [0.15, 0.2) is 0 Å². The van der Waals surface area contributed by atoms with Crippen molar-refractivity contribution in [2.45, 2.75) is 25.0 Å². The van der Waals surface area contributed by atoms with E-state index in [-0.39, 0.29) is 18.0 Å². The van der Waals surface area contributed by atoms with E-state index in [2.05, 4.69) is 21.6 Å². The van der Waals surface area contributed by atoms with Gasteiger partial charge < -0.3 is 25.5 Å². The molecule has 38 heavy (non-hydrogen) atoms. The third-order valence-electron chi connectivity index (χ3n) is 6.63. The van der Waals surface area contributed by atoms with Gasteiger partial charge in [-0.1, -0.05) is 36.9 Å². The highest BCUT2D eigenvalue weighted by Gasteiger charge is 2.35. The summed E-state index contributed by atoms with van der Waals surface area (Å²) >= 11 is 0. The smallest absolute Gasteiger partial charge is 0.264 e. The molecule has 11 heteroatoms. The molecule has 2 aromatic carbocycles. The SMILES string of the molecule is C=CS(=O)Nc1ccccc1-c1ccc(C(=O)N2CCC(O)(Cn3cnc(NC)c(C=N)c3=O)CC2)cc1. The summed E-state index contributed by atoms with van der Waals surface area (Å²) in [7, 11) is 0.218. The van der Waals surface area contributed by atoms with Crippen LogP contribution < -0.4 is 15.6 Å². The zero-order valence-corrected chi connectivity index (χ0v) is 21.8. The van der Waals surface area contributed by atoms with Crippen LogP contribution in [0.25, 0.3) is 11.1 Å². The lowest BCUT2D eigenvalue weighted by Gasteiger charge is -2.38. The highest BCUT2D eigenvalue weighted by molar-refractivity contribution is 7.89. The van der Waals surface area contributed by atoms with Gasteiger partial charge >= 0.3 is 0 Å². The van der Waals surface area contributed by atoms with Gasteiger partial charge in [-0.3, -0.25) is 14.2 Å². The number of amides is 1. The van der Waals surface area contributed by atoms with Gasteiger partial charge in [0.1, 0.15) is 16.8 Å². The zero-order chi connectivity index (χ0) is 27.3. The number of carbonyl (C=O) groups is 1. The van der Waals surface area contributed by atoms with E-state index >= 15 is 0 Å². The van der Waals surface area contributed by atoms with E-state index in [1.54, 1.807) is 24.1 Å². The molecule has 1 fully saturated rings. The summed E-state index contributed by atoms with van der Waals surface area (Å²) in [5.74, 6) is 0.173. The van der Waals surface area contributed by atoms with E-state index in [0.29, 0.717) is 43.0 Å². The van der Waals surface area contributed by atoms with Crippen molar-refractivity contribution in [3.63, 3.8) is 0 Å². The molecule has 4 rings (SSSR count). The number of hydrogen-bond acceptors (Lipinski definition) is 7. The summed E-state index contributed by atoms with van der Waals surface area (Å²) in [6.07, 6.45) is 2.92. The number of benzene rings is 2. The first kappa shape index (κ1) is 27.0. The Balaban J connectivity index is 1.43. The molecule has 0 spiro atoms. The van der Waals surface area contributed by atoms with Gasteiger partial charge in [-0.05, 0) is 36.6 Å². The normalized spacial score (nSPS) is 15.4. The fraction of sp³-hybridized carbons (Fsp3) is 0.259. The molecule has 4 N–H and O–H groups in total. The number of likely N-dealkylation sites (tertiary alicyclic amines) is 1. The number of carbonyl (C=O) groups excluding carboxylic acids is 1. The minimum absolute atomic E-state index is 0.0322. The van der Waals surface area contributed by atoms with Gasteiger partial charge in [0.2, 0.25) is 0 Å². The lowest BCUT2D eigenvalue weighted by Crippen LogP contribution is -2.49. The largest absolute Gasteiger partial charge is 0.388 e. The number of aliphatic hydroxyl groups is 1. The minimum atomic E-state index is -1.40. The Labute approximate surface area is 223 Å². The first-order valence-corrected chi connectivity index (χ1v) is 13.3. The molecule has 1 aromatic heterocycles. The van der Waals surface area contributed by atoms with Crippen LogP contribution in [0.1, 0.15) is 28.8 Å². The molecule has 0 bridgehead atoms. The average molecular weight is 535 g/mol. The first-order chi connectivity index (χ1) is 18.3. The third-order valence-corrected chi connectivity index (χ3v) is 7.36. The van der Waals surface area contributed by atoms with Crippen LogP contribution in [0.2, 0.25) is 0 Å². The number of hydrogen-bond donors (Lipinski definition) is 4. The van der Waals surface area contributed by atoms with Gasteiger partial charge in [0, 0.05) is 42.9 Å². The number of nitrogens with zero attached hydrogens (tertiary/aromatic N) is 3. The van der Waals surface area contributed by atoms with Gasteiger partial charge in [-0.2, -0.15) is 0 Å². The summed E-state index contributed by atoms with van der Waals surface area (Å²) < 4.78 is 16.1. The molecular formula is C27H30N6O4S.